The Labute approximate surface area is 76.9 Å². The lowest BCUT2D eigenvalue weighted by Gasteiger charge is -2.09. The first-order valence-corrected chi connectivity index (χ1v) is 4.11. The number of rotatable bonds is 3. The van der Waals surface area contributed by atoms with Gasteiger partial charge in [-0.3, -0.25) is 4.79 Å². The lowest BCUT2D eigenvalue weighted by Crippen LogP contribution is -2.25. The fourth-order valence-electron chi connectivity index (χ4n) is 1.08. The van der Waals surface area contributed by atoms with Crippen molar-refractivity contribution in [3.8, 4) is 0 Å². The van der Waals surface area contributed by atoms with Crippen molar-refractivity contribution in [2.45, 2.75) is 19.5 Å². The molecule has 1 heterocycles. The van der Waals surface area contributed by atoms with Crippen LogP contribution < -0.4 is 11.1 Å². The molecule has 1 aromatic rings. The van der Waals surface area contributed by atoms with Gasteiger partial charge in [-0.05, 0) is 6.92 Å². The zero-order valence-corrected chi connectivity index (χ0v) is 7.82. The van der Waals surface area contributed by atoms with Crippen LogP contribution in [0.5, 0.6) is 0 Å². The van der Waals surface area contributed by atoms with E-state index < -0.39 is 0 Å². The van der Waals surface area contributed by atoms with Gasteiger partial charge in [0.15, 0.2) is 0 Å². The Bertz CT molecular complexity index is 292. The van der Waals surface area contributed by atoms with Crippen LogP contribution >= 0.6 is 0 Å². The summed E-state index contributed by atoms with van der Waals surface area (Å²) in [7, 11) is 1.60. The second-order valence-corrected chi connectivity index (χ2v) is 2.91. The summed E-state index contributed by atoms with van der Waals surface area (Å²) in [5.74, 6) is -0.0556. The van der Waals surface area contributed by atoms with Crippen molar-refractivity contribution < 1.29 is 4.79 Å². The lowest BCUT2D eigenvalue weighted by atomic mass is 10.3. The highest BCUT2D eigenvalue weighted by Gasteiger charge is 2.08. The van der Waals surface area contributed by atoms with E-state index in [-0.39, 0.29) is 18.5 Å². The first-order valence-electron chi connectivity index (χ1n) is 4.11. The predicted molar refractivity (Wildman–Crippen MR) is 48.9 cm³/mol. The largest absolute Gasteiger partial charge is 0.358 e. The predicted octanol–water partition coefficient (Wildman–Crippen LogP) is -0.351. The Balaban J connectivity index is 2.76. The molecule has 0 aromatic carbocycles. The third kappa shape index (κ3) is 2.29. The number of likely N-dealkylation sites (N-methyl/N-ethyl adjacent to an activating group) is 1. The number of carbonyl (C=O) groups excluding carboxylic acids is 1. The van der Waals surface area contributed by atoms with Crippen LogP contribution in [0, 0.1) is 0 Å². The van der Waals surface area contributed by atoms with Crippen molar-refractivity contribution in [3.05, 3.63) is 18.2 Å². The van der Waals surface area contributed by atoms with Crippen molar-refractivity contribution in [2.75, 3.05) is 7.05 Å². The van der Waals surface area contributed by atoms with E-state index in [1.54, 1.807) is 24.1 Å². The van der Waals surface area contributed by atoms with E-state index in [2.05, 4.69) is 10.3 Å². The minimum atomic E-state index is -0.104. The smallest absolute Gasteiger partial charge is 0.239 e. The average molecular weight is 182 g/mol. The van der Waals surface area contributed by atoms with Gasteiger partial charge in [0.25, 0.3) is 0 Å². The van der Waals surface area contributed by atoms with Crippen molar-refractivity contribution >= 4 is 5.91 Å². The number of imidazole rings is 1. The Kier molecular flexibility index (Phi) is 3.02. The molecule has 0 radical (unpaired) electrons. The fraction of sp³-hybridized carbons (Fsp3) is 0.500. The monoisotopic (exact) mass is 182 g/mol. The molecule has 0 aliphatic heterocycles. The molecule has 0 saturated carbocycles. The normalized spacial score (nSPS) is 12.5. The molecule has 5 heteroatoms. The van der Waals surface area contributed by atoms with Crippen molar-refractivity contribution in [3.63, 3.8) is 0 Å². The summed E-state index contributed by atoms with van der Waals surface area (Å²) in [5, 5.41) is 2.54. The first kappa shape index (κ1) is 9.73. The zero-order chi connectivity index (χ0) is 9.84. The quantitative estimate of drug-likeness (QED) is 0.671. The number of hydrogen-bond donors (Lipinski definition) is 2. The molecule has 0 fully saturated rings. The molecule has 1 aromatic heterocycles. The van der Waals surface area contributed by atoms with Gasteiger partial charge in [-0.15, -0.1) is 0 Å². The second kappa shape index (κ2) is 4.04. The summed E-state index contributed by atoms with van der Waals surface area (Å²) >= 11 is 0. The lowest BCUT2D eigenvalue weighted by molar-refractivity contribution is -0.121. The van der Waals surface area contributed by atoms with Crippen LogP contribution in [0.1, 0.15) is 18.7 Å². The maximum absolute atomic E-state index is 11.1. The fourth-order valence-corrected chi connectivity index (χ4v) is 1.08. The molecule has 1 rings (SSSR count). The third-order valence-corrected chi connectivity index (χ3v) is 1.80. The van der Waals surface area contributed by atoms with Gasteiger partial charge in [0.05, 0.1) is 12.0 Å². The van der Waals surface area contributed by atoms with Crippen LogP contribution in [0.15, 0.2) is 12.5 Å². The van der Waals surface area contributed by atoms with Crippen molar-refractivity contribution in [2.24, 2.45) is 5.73 Å². The highest BCUT2D eigenvalue weighted by Crippen LogP contribution is 2.07. The minimum Gasteiger partial charge on any atom is -0.358 e. The maximum atomic E-state index is 11.1. The molecule has 0 unspecified atom stereocenters. The summed E-state index contributed by atoms with van der Waals surface area (Å²) in [6.45, 7) is 2.13. The number of nitrogens with two attached hydrogens (primary N) is 1. The van der Waals surface area contributed by atoms with Crippen LogP contribution in [-0.2, 0) is 11.3 Å². The molecule has 0 spiro atoms. The molecule has 0 aliphatic carbocycles. The van der Waals surface area contributed by atoms with E-state index in [0.717, 1.165) is 5.69 Å². The Morgan fingerprint density at radius 2 is 2.54 bits per heavy atom. The zero-order valence-electron chi connectivity index (χ0n) is 7.82. The van der Waals surface area contributed by atoms with E-state index in [0.29, 0.717) is 0 Å². The molecule has 5 nitrogen and oxygen atoms in total. The first-order chi connectivity index (χ1) is 6.15. The average Bonchev–Trinajstić information content (AvgIpc) is 2.52. The summed E-state index contributed by atoms with van der Waals surface area (Å²) in [6, 6.07) is -0.104. The second-order valence-electron chi connectivity index (χ2n) is 2.91. The Morgan fingerprint density at radius 1 is 1.85 bits per heavy atom. The van der Waals surface area contributed by atoms with E-state index in [1.165, 1.54) is 0 Å². The van der Waals surface area contributed by atoms with Gasteiger partial charge in [-0.1, -0.05) is 0 Å². The summed E-state index contributed by atoms with van der Waals surface area (Å²) in [5.41, 5.74) is 6.55. The number of hydrogen-bond acceptors (Lipinski definition) is 3. The standard InChI is InChI=1S/C8H14N4O/c1-6(9)7-3-11-5-12(7)4-8(13)10-2/h3,5-6H,4,9H2,1-2H3,(H,10,13)/t6-/m1/s1. The van der Waals surface area contributed by atoms with Gasteiger partial charge in [0.1, 0.15) is 6.54 Å². The van der Waals surface area contributed by atoms with Crippen LogP contribution in [-0.4, -0.2) is 22.5 Å². The number of amides is 1. The third-order valence-electron chi connectivity index (χ3n) is 1.80. The van der Waals surface area contributed by atoms with Gasteiger partial charge in [-0.2, -0.15) is 0 Å². The Morgan fingerprint density at radius 3 is 3.08 bits per heavy atom. The summed E-state index contributed by atoms with van der Waals surface area (Å²) in [6.07, 6.45) is 3.28. The molecule has 0 aliphatic rings. The molecule has 72 valence electrons. The van der Waals surface area contributed by atoms with E-state index in [1.807, 2.05) is 6.92 Å². The van der Waals surface area contributed by atoms with Crippen molar-refractivity contribution in [1.82, 2.24) is 14.9 Å². The molecule has 1 amide bonds. The van der Waals surface area contributed by atoms with Gasteiger partial charge < -0.3 is 15.6 Å². The van der Waals surface area contributed by atoms with E-state index >= 15 is 0 Å². The van der Waals surface area contributed by atoms with Crippen LogP contribution in [0.4, 0.5) is 0 Å². The highest BCUT2D eigenvalue weighted by atomic mass is 16.1. The summed E-state index contributed by atoms with van der Waals surface area (Å²) < 4.78 is 1.74. The molecule has 3 N–H and O–H groups in total. The van der Waals surface area contributed by atoms with Crippen molar-refractivity contribution in [1.29, 1.82) is 0 Å². The molecule has 1 atom stereocenters. The molecule has 13 heavy (non-hydrogen) atoms. The molecule has 0 saturated heterocycles. The minimum absolute atomic E-state index is 0.0556. The molecule has 0 bridgehead atoms. The van der Waals surface area contributed by atoms with Gasteiger partial charge in [0.2, 0.25) is 5.91 Å². The van der Waals surface area contributed by atoms with Crippen LogP contribution in [0.25, 0.3) is 0 Å². The number of carbonyl (C=O) groups is 1. The topological polar surface area (TPSA) is 72.9 Å². The molecular formula is C8H14N4O. The number of aromatic nitrogens is 2. The maximum Gasteiger partial charge on any atom is 0.239 e. The van der Waals surface area contributed by atoms with E-state index in [9.17, 15) is 4.79 Å². The number of nitrogens with zero attached hydrogens (tertiary/aromatic N) is 2. The molecular weight excluding hydrogens is 168 g/mol. The SMILES string of the molecule is CNC(=O)Cn1cncc1[C@@H](C)N. The van der Waals surface area contributed by atoms with Gasteiger partial charge in [0, 0.05) is 19.3 Å². The van der Waals surface area contributed by atoms with Crippen LogP contribution in [0.3, 0.4) is 0 Å². The summed E-state index contributed by atoms with van der Waals surface area (Å²) in [4.78, 5) is 15.0. The van der Waals surface area contributed by atoms with E-state index in [4.69, 9.17) is 5.73 Å². The number of nitrogens with one attached hydrogen (secondary N) is 1. The van der Waals surface area contributed by atoms with Gasteiger partial charge >= 0.3 is 0 Å². The van der Waals surface area contributed by atoms with Gasteiger partial charge in [-0.25, -0.2) is 4.98 Å². The Hall–Kier alpha value is -1.36. The van der Waals surface area contributed by atoms with Crippen LogP contribution in [0.2, 0.25) is 0 Å². The highest BCUT2D eigenvalue weighted by molar-refractivity contribution is 5.75.